The summed E-state index contributed by atoms with van der Waals surface area (Å²) in [5.41, 5.74) is 12.7. The Kier molecular flexibility index (Phi) is 3.26. The third kappa shape index (κ3) is 2.46. The van der Waals surface area contributed by atoms with Gasteiger partial charge >= 0.3 is 0 Å². The summed E-state index contributed by atoms with van der Waals surface area (Å²) >= 11 is 0. The van der Waals surface area contributed by atoms with E-state index >= 15 is 0 Å². The molecule has 0 spiro atoms. The molecule has 1 aliphatic heterocycles. The van der Waals surface area contributed by atoms with Crippen LogP contribution in [-0.2, 0) is 0 Å². The fourth-order valence-electron chi connectivity index (χ4n) is 2.35. The number of carbonyl (C=O) groups is 1. The van der Waals surface area contributed by atoms with E-state index in [2.05, 4.69) is 23.7 Å². The number of nitrogens with two attached hydrogens (primary N) is 2. The van der Waals surface area contributed by atoms with Crippen LogP contribution in [0.1, 0.15) is 30.8 Å². The summed E-state index contributed by atoms with van der Waals surface area (Å²) in [5, 5.41) is 0. The molecule has 98 valence electrons. The number of nitrogens with zero attached hydrogens (tertiary/aromatic N) is 2. The van der Waals surface area contributed by atoms with Gasteiger partial charge < -0.3 is 16.4 Å². The quantitative estimate of drug-likeness (QED) is 0.808. The smallest absolute Gasteiger partial charge is 0.267 e. The molecule has 4 N–H and O–H groups in total. The SMILES string of the molecule is CC1(C)CN(c2ccnc(C(N)=O)c2)CCC1N. The van der Waals surface area contributed by atoms with E-state index in [1.54, 1.807) is 12.3 Å². The molecule has 0 aromatic carbocycles. The Balaban J connectivity index is 2.22. The van der Waals surface area contributed by atoms with Gasteiger partial charge in [0.2, 0.25) is 0 Å². The van der Waals surface area contributed by atoms with Gasteiger partial charge in [0.05, 0.1) is 0 Å². The van der Waals surface area contributed by atoms with Crippen LogP contribution in [0.2, 0.25) is 0 Å². The zero-order valence-corrected chi connectivity index (χ0v) is 10.9. The maximum Gasteiger partial charge on any atom is 0.267 e. The molecule has 1 atom stereocenters. The summed E-state index contributed by atoms with van der Waals surface area (Å²) < 4.78 is 0. The number of anilines is 1. The Morgan fingerprint density at radius 1 is 1.56 bits per heavy atom. The van der Waals surface area contributed by atoms with Crippen LogP contribution in [0.3, 0.4) is 0 Å². The molecule has 0 aliphatic carbocycles. The largest absolute Gasteiger partial charge is 0.371 e. The lowest BCUT2D eigenvalue weighted by Gasteiger charge is -2.43. The van der Waals surface area contributed by atoms with E-state index in [1.165, 1.54) is 0 Å². The number of carbonyl (C=O) groups excluding carboxylic acids is 1. The Hall–Kier alpha value is -1.62. The van der Waals surface area contributed by atoms with Gasteiger partial charge in [-0.2, -0.15) is 0 Å². The number of pyridine rings is 1. The zero-order valence-electron chi connectivity index (χ0n) is 10.9. The average Bonchev–Trinajstić information content (AvgIpc) is 2.33. The summed E-state index contributed by atoms with van der Waals surface area (Å²) in [4.78, 5) is 17.3. The second-order valence-corrected chi connectivity index (χ2v) is 5.57. The van der Waals surface area contributed by atoms with Gasteiger partial charge in [-0.05, 0) is 24.0 Å². The highest BCUT2D eigenvalue weighted by atomic mass is 16.1. The van der Waals surface area contributed by atoms with E-state index in [0.29, 0.717) is 5.69 Å². The van der Waals surface area contributed by atoms with Crippen LogP contribution in [0.25, 0.3) is 0 Å². The number of rotatable bonds is 2. The third-order valence-electron chi connectivity index (χ3n) is 3.67. The molecule has 1 unspecified atom stereocenters. The van der Waals surface area contributed by atoms with Crippen LogP contribution in [0.5, 0.6) is 0 Å². The predicted octanol–water partition coefficient (Wildman–Crippen LogP) is 0.744. The number of amides is 1. The molecule has 18 heavy (non-hydrogen) atoms. The van der Waals surface area contributed by atoms with E-state index < -0.39 is 5.91 Å². The van der Waals surface area contributed by atoms with E-state index in [9.17, 15) is 4.79 Å². The van der Waals surface area contributed by atoms with Gasteiger partial charge in [-0.25, -0.2) is 0 Å². The van der Waals surface area contributed by atoms with Gasteiger partial charge in [0.25, 0.3) is 5.91 Å². The van der Waals surface area contributed by atoms with Gasteiger partial charge in [0.15, 0.2) is 0 Å². The van der Waals surface area contributed by atoms with Crippen molar-refractivity contribution in [3.8, 4) is 0 Å². The zero-order chi connectivity index (χ0) is 13.3. The molecule has 2 heterocycles. The molecule has 0 bridgehead atoms. The van der Waals surface area contributed by atoms with Crippen molar-refractivity contribution in [1.82, 2.24) is 4.98 Å². The van der Waals surface area contributed by atoms with Crippen LogP contribution in [0.15, 0.2) is 18.3 Å². The summed E-state index contributed by atoms with van der Waals surface area (Å²) in [6.45, 7) is 6.10. The third-order valence-corrected chi connectivity index (χ3v) is 3.67. The lowest BCUT2D eigenvalue weighted by molar-refractivity contribution is 0.0995. The highest BCUT2D eigenvalue weighted by molar-refractivity contribution is 5.91. The van der Waals surface area contributed by atoms with Gasteiger partial charge in [-0.1, -0.05) is 13.8 Å². The first kappa shape index (κ1) is 12.8. The van der Waals surface area contributed by atoms with Crippen molar-refractivity contribution in [1.29, 1.82) is 0 Å². The van der Waals surface area contributed by atoms with Crippen molar-refractivity contribution in [2.75, 3.05) is 18.0 Å². The molecule has 1 aliphatic rings. The van der Waals surface area contributed by atoms with Crippen molar-refractivity contribution < 1.29 is 4.79 Å². The Morgan fingerprint density at radius 2 is 2.28 bits per heavy atom. The molecular formula is C13H20N4O. The van der Waals surface area contributed by atoms with Crippen LogP contribution in [0, 0.1) is 5.41 Å². The minimum Gasteiger partial charge on any atom is -0.371 e. The van der Waals surface area contributed by atoms with Crippen LogP contribution in [0.4, 0.5) is 5.69 Å². The normalized spacial score (nSPS) is 22.8. The minimum atomic E-state index is -0.496. The minimum absolute atomic E-state index is 0.0639. The lowest BCUT2D eigenvalue weighted by Crippen LogP contribution is -2.52. The van der Waals surface area contributed by atoms with E-state index in [-0.39, 0.29) is 11.5 Å². The Morgan fingerprint density at radius 3 is 2.89 bits per heavy atom. The Bertz CT molecular complexity index is 458. The maximum atomic E-state index is 11.1. The fraction of sp³-hybridized carbons (Fsp3) is 0.538. The summed E-state index contributed by atoms with van der Waals surface area (Å²) in [6, 6.07) is 3.86. The monoisotopic (exact) mass is 248 g/mol. The molecule has 1 aromatic heterocycles. The maximum absolute atomic E-state index is 11.1. The van der Waals surface area contributed by atoms with Crippen molar-refractivity contribution in [3.05, 3.63) is 24.0 Å². The molecule has 1 saturated heterocycles. The lowest BCUT2D eigenvalue weighted by atomic mass is 9.79. The van der Waals surface area contributed by atoms with Gasteiger partial charge in [-0.3, -0.25) is 9.78 Å². The highest BCUT2D eigenvalue weighted by Crippen LogP contribution is 2.30. The van der Waals surface area contributed by atoms with Crippen molar-refractivity contribution >= 4 is 11.6 Å². The van der Waals surface area contributed by atoms with E-state index in [0.717, 1.165) is 25.2 Å². The number of aromatic nitrogens is 1. The van der Waals surface area contributed by atoms with E-state index in [4.69, 9.17) is 11.5 Å². The van der Waals surface area contributed by atoms with Crippen molar-refractivity contribution in [2.24, 2.45) is 16.9 Å². The fourth-order valence-corrected chi connectivity index (χ4v) is 2.35. The predicted molar refractivity (Wildman–Crippen MR) is 71.3 cm³/mol. The molecule has 0 radical (unpaired) electrons. The molecule has 1 fully saturated rings. The van der Waals surface area contributed by atoms with Crippen LogP contribution in [-0.4, -0.2) is 30.0 Å². The standard InChI is InChI=1S/C13H20N4O/c1-13(2)8-17(6-4-11(13)14)9-3-5-16-10(7-9)12(15)18/h3,5,7,11H,4,6,8,14H2,1-2H3,(H2,15,18). The van der Waals surface area contributed by atoms with Gasteiger partial charge in [-0.15, -0.1) is 0 Å². The second-order valence-electron chi connectivity index (χ2n) is 5.57. The van der Waals surface area contributed by atoms with E-state index in [1.807, 2.05) is 6.07 Å². The second kappa shape index (κ2) is 4.57. The first-order chi connectivity index (χ1) is 8.40. The van der Waals surface area contributed by atoms with Crippen LogP contribution < -0.4 is 16.4 Å². The molecule has 0 saturated carbocycles. The van der Waals surface area contributed by atoms with Gasteiger partial charge in [0, 0.05) is 31.0 Å². The topological polar surface area (TPSA) is 85.2 Å². The number of hydrogen-bond donors (Lipinski definition) is 2. The summed E-state index contributed by atoms with van der Waals surface area (Å²) in [7, 11) is 0. The van der Waals surface area contributed by atoms with Crippen LogP contribution >= 0.6 is 0 Å². The molecule has 5 nitrogen and oxygen atoms in total. The first-order valence-electron chi connectivity index (χ1n) is 6.16. The van der Waals surface area contributed by atoms with Crippen molar-refractivity contribution in [3.63, 3.8) is 0 Å². The highest BCUT2D eigenvalue weighted by Gasteiger charge is 2.33. The number of piperidine rings is 1. The van der Waals surface area contributed by atoms with Crippen molar-refractivity contribution in [2.45, 2.75) is 26.3 Å². The molecule has 5 heteroatoms. The number of hydrogen-bond acceptors (Lipinski definition) is 4. The molecule has 1 amide bonds. The molecule has 1 aromatic rings. The summed E-state index contributed by atoms with van der Waals surface area (Å²) in [6.07, 6.45) is 2.57. The Labute approximate surface area is 107 Å². The molecule has 2 rings (SSSR count). The molecular weight excluding hydrogens is 228 g/mol. The number of primary amides is 1. The average molecular weight is 248 g/mol. The first-order valence-corrected chi connectivity index (χ1v) is 6.16. The summed E-state index contributed by atoms with van der Waals surface area (Å²) in [5.74, 6) is -0.496. The van der Waals surface area contributed by atoms with Gasteiger partial charge in [0.1, 0.15) is 5.69 Å².